The third-order valence-corrected chi connectivity index (χ3v) is 1.26. The van der Waals surface area contributed by atoms with Gasteiger partial charge >= 0.3 is 5.95 Å². The number of rotatable bonds is 3. The topological polar surface area (TPSA) is 123 Å². The van der Waals surface area contributed by atoms with Crippen molar-refractivity contribution in [3.63, 3.8) is 0 Å². The predicted octanol–water partition coefficient (Wildman–Crippen LogP) is 1.02. The lowest BCUT2D eigenvalue weighted by Crippen LogP contribution is -2.02. The van der Waals surface area contributed by atoms with Gasteiger partial charge < -0.3 is 10.1 Å². The Kier molecular flexibility index (Phi) is 2.41. The Morgan fingerprint density at radius 3 is 3.08 bits per heavy atom. The number of aromatic nitrogens is 3. The monoisotopic (exact) mass is 183 g/mol. The zero-order valence-corrected chi connectivity index (χ0v) is 6.60. The van der Waals surface area contributed by atoms with Crippen molar-refractivity contribution in [1.29, 1.82) is 0 Å². The molecule has 68 valence electrons. The van der Waals surface area contributed by atoms with Crippen LogP contribution in [0.3, 0.4) is 0 Å². The maximum absolute atomic E-state index is 10.2. The van der Waals surface area contributed by atoms with Crippen molar-refractivity contribution >= 4 is 5.95 Å². The predicted molar refractivity (Wildman–Crippen MR) is 40.5 cm³/mol. The van der Waals surface area contributed by atoms with Crippen molar-refractivity contribution in [3.8, 4) is 0 Å². The molecule has 0 radical (unpaired) electrons. The SMILES string of the molecule is CC(N=[N+]=[N-])n1cnc([N+](=O)[O-])n1. The maximum atomic E-state index is 10.2. The van der Waals surface area contributed by atoms with Gasteiger partial charge in [0.05, 0.1) is 0 Å². The van der Waals surface area contributed by atoms with Crippen molar-refractivity contribution in [2.45, 2.75) is 13.1 Å². The van der Waals surface area contributed by atoms with Crippen LogP contribution in [-0.4, -0.2) is 19.7 Å². The first-order valence-corrected chi connectivity index (χ1v) is 3.25. The summed E-state index contributed by atoms with van der Waals surface area (Å²) in [5.41, 5.74) is 8.08. The second kappa shape index (κ2) is 3.50. The lowest BCUT2D eigenvalue weighted by molar-refractivity contribution is -0.394. The maximum Gasteiger partial charge on any atom is 0.490 e. The molecule has 1 aromatic heterocycles. The first-order valence-electron chi connectivity index (χ1n) is 3.25. The zero-order chi connectivity index (χ0) is 9.84. The van der Waals surface area contributed by atoms with Gasteiger partial charge in [0.1, 0.15) is 6.17 Å². The van der Waals surface area contributed by atoms with Gasteiger partial charge in [-0.3, -0.25) is 0 Å². The van der Waals surface area contributed by atoms with Gasteiger partial charge in [-0.15, -0.1) is 0 Å². The van der Waals surface area contributed by atoms with Gasteiger partial charge in [0.2, 0.25) is 6.33 Å². The zero-order valence-electron chi connectivity index (χ0n) is 6.60. The molecule has 1 unspecified atom stereocenters. The molecule has 0 aromatic carbocycles. The summed E-state index contributed by atoms with van der Waals surface area (Å²) in [7, 11) is 0. The summed E-state index contributed by atoms with van der Waals surface area (Å²) in [6.07, 6.45) is 0.517. The molecule has 1 aromatic rings. The van der Waals surface area contributed by atoms with E-state index in [2.05, 4.69) is 20.1 Å². The van der Waals surface area contributed by atoms with Gasteiger partial charge in [0, 0.05) is 10.0 Å². The molecule has 1 atom stereocenters. The van der Waals surface area contributed by atoms with Crippen LogP contribution in [0.2, 0.25) is 0 Å². The number of azide groups is 1. The highest BCUT2D eigenvalue weighted by atomic mass is 16.6. The molecular formula is C4H5N7O2. The molecule has 13 heavy (non-hydrogen) atoms. The van der Waals surface area contributed by atoms with Gasteiger partial charge in [-0.2, -0.15) is 4.68 Å². The minimum atomic E-state index is -0.723. The summed E-state index contributed by atoms with van der Waals surface area (Å²) < 4.78 is 1.11. The van der Waals surface area contributed by atoms with Gasteiger partial charge in [0.15, 0.2) is 0 Å². The van der Waals surface area contributed by atoms with Crippen LogP contribution >= 0.6 is 0 Å². The van der Waals surface area contributed by atoms with Crippen LogP contribution in [0, 0.1) is 10.1 Å². The molecule has 0 saturated heterocycles. The van der Waals surface area contributed by atoms with Gasteiger partial charge in [0.25, 0.3) is 0 Å². The molecule has 0 N–H and O–H groups in total. The van der Waals surface area contributed by atoms with E-state index in [9.17, 15) is 10.1 Å². The minimum Gasteiger partial charge on any atom is -0.390 e. The number of hydrogen-bond acceptors (Lipinski definition) is 5. The van der Waals surface area contributed by atoms with Gasteiger partial charge in [-0.1, -0.05) is 10.1 Å². The number of nitro groups is 1. The highest BCUT2D eigenvalue weighted by molar-refractivity contribution is 4.97. The summed E-state index contributed by atoms with van der Waals surface area (Å²) in [5, 5.41) is 16.9. The Bertz CT molecular complexity index is 364. The Labute approximate surface area is 71.8 Å². The van der Waals surface area contributed by atoms with E-state index in [4.69, 9.17) is 5.53 Å². The van der Waals surface area contributed by atoms with Crippen LogP contribution in [-0.2, 0) is 0 Å². The molecule has 0 spiro atoms. The summed E-state index contributed by atoms with van der Waals surface area (Å²) >= 11 is 0. The molecule has 0 saturated carbocycles. The van der Waals surface area contributed by atoms with E-state index in [-0.39, 0.29) is 0 Å². The number of hydrogen-bond donors (Lipinski definition) is 0. The van der Waals surface area contributed by atoms with Crippen LogP contribution < -0.4 is 0 Å². The van der Waals surface area contributed by atoms with Crippen LogP contribution in [0.1, 0.15) is 13.1 Å². The van der Waals surface area contributed by atoms with Crippen LogP contribution in [0.5, 0.6) is 0 Å². The van der Waals surface area contributed by atoms with Crippen molar-refractivity contribution in [2.75, 3.05) is 0 Å². The Balaban J connectivity index is 2.91. The van der Waals surface area contributed by atoms with E-state index in [0.29, 0.717) is 0 Å². The quantitative estimate of drug-likeness (QED) is 0.228. The van der Waals surface area contributed by atoms with Crippen LogP contribution in [0.25, 0.3) is 10.4 Å². The third-order valence-electron chi connectivity index (χ3n) is 1.26. The Morgan fingerprint density at radius 2 is 2.62 bits per heavy atom. The lowest BCUT2D eigenvalue weighted by Gasteiger charge is -1.96. The molecule has 9 nitrogen and oxygen atoms in total. The minimum absolute atomic E-state index is 0.514. The van der Waals surface area contributed by atoms with Crippen molar-refractivity contribution in [1.82, 2.24) is 14.8 Å². The van der Waals surface area contributed by atoms with Crippen LogP contribution in [0.4, 0.5) is 5.95 Å². The summed E-state index contributed by atoms with van der Waals surface area (Å²) in [6.45, 7) is 1.54. The third kappa shape index (κ3) is 1.91. The first kappa shape index (κ1) is 8.94. The molecular weight excluding hydrogens is 178 g/mol. The summed E-state index contributed by atoms with van der Waals surface area (Å²) in [5.74, 6) is -0.514. The largest absolute Gasteiger partial charge is 0.490 e. The molecule has 0 bridgehead atoms. The van der Waals surface area contributed by atoms with E-state index < -0.39 is 17.0 Å². The fourth-order valence-electron chi connectivity index (χ4n) is 0.657. The number of nitrogens with zero attached hydrogens (tertiary/aromatic N) is 7. The molecule has 9 heteroatoms. The lowest BCUT2D eigenvalue weighted by atomic mass is 10.6. The van der Waals surface area contributed by atoms with Gasteiger partial charge in [-0.25, -0.2) is 0 Å². The summed E-state index contributed by atoms with van der Waals surface area (Å²) in [4.78, 5) is 15.4. The van der Waals surface area contributed by atoms with E-state index >= 15 is 0 Å². The van der Waals surface area contributed by atoms with Crippen LogP contribution in [0.15, 0.2) is 11.4 Å². The molecule has 0 aliphatic rings. The average Bonchev–Trinajstić information content (AvgIpc) is 2.52. The second-order valence-electron chi connectivity index (χ2n) is 2.12. The summed E-state index contributed by atoms with van der Waals surface area (Å²) in [6, 6.07) is 0. The fourth-order valence-corrected chi connectivity index (χ4v) is 0.657. The van der Waals surface area contributed by atoms with Gasteiger partial charge in [-0.05, 0) is 17.4 Å². The molecule has 1 heterocycles. The fraction of sp³-hybridized carbons (Fsp3) is 0.500. The smallest absolute Gasteiger partial charge is 0.390 e. The standard InChI is InChI=1S/C4H5N7O2/c1-3(7-9-5)10-2-6-4(8-10)11(12)13/h2-3H,1H3. The van der Waals surface area contributed by atoms with Crippen molar-refractivity contribution in [3.05, 3.63) is 26.9 Å². The van der Waals surface area contributed by atoms with E-state index in [1.165, 1.54) is 6.92 Å². The normalized spacial score (nSPS) is 11.8. The Hall–Kier alpha value is -2.15. The molecule has 0 fully saturated rings. The van der Waals surface area contributed by atoms with E-state index in [1.54, 1.807) is 0 Å². The van der Waals surface area contributed by atoms with E-state index in [0.717, 1.165) is 11.0 Å². The molecule has 0 aliphatic heterocycles. The Morgan fingerprint density at radius 1 is 1.92 bits per heavy atom. The highest BCUT2D eigenvalue weighted by Gasteiger charge is 2.15. The highest BCUT2D eigenvalue weighted by Crippen LogP contribution is 2.08. The average molecular weight is 183 g/mol. The van der Waals surface area contributed by atoms with E-state index in [1.807, 2.05) is 0 Å². The first-order chi connectivity index (χ1) is 6.15. The van der Waals surface area contributed by atoms with Crippen molar-refractivity contribution in [2.24, 2.45) is 5.11 Å². The molecule has 1 rings (SSSR count). The molecule has 0 aliphatic carbocycles. The second-order valence-corrected chi connectivity index (χ2v) is 2.12. The molecule has 0 amide bonds. The van der Waals surface area contributed by atoms with Crippen molar-refractivity contribution < 1.29 is 4.92 Å².